The molecule has 0 aromatic rings. The van der Waals surface area contributed by atoms with Gasteiger partial charge >= 0.3 is 0 Å². The van der Waals surface area contributed by atoms with Crippen LogP contribution >= 0.6 is 0 Å². The molecule has 0 aromatic heterocycles. The molecule has 0 aliphatic carbocycles. The number of carbonyl (C=O) groups is 1. The predicted octanol–water partition coefficient (Wildman–Crippen LogP) is 17.0. The fraction of sp³-hybridized carbons (Fsp3) is 0.675. The van der Waals surface area contributed by atoms with E-state index >= 15 is 0 Å². The number of ether oxygens (including phenoxy) is 4. The van der Waals surface area contributed by atoms with Crippen LogP contribution in [0.4, 0.5) is 0 Å². The van der Waals surface area contributed by atoms with Crippen molar-refractivity contribution >= 4 is 5.91 Å². The number of aliphatic hydroxyl groups is 8. The summed E-state index contributed by atoms with van der Waals surface area (Å²) < 4.78 is 22.8. The summed E-state index contributed by atoms with van der Waals surface area (Å²) >= 11 is 0. The Kier molecular flexibility index (Phi) is 59.4. The molecule has 1 amide bonds. The van der Waals surface area contributed by atoms with Gasteiger partial charge in [-0.05, 0) is 116 Å². The van der Waals surface area contributed by atoms with Crippen LogP contribution in [0, 0.1) is 0 Å². The molecule has 97 heavy (non-hydrogen) atoms. The number of allylic oxidation sites excluding steroid dienone is 25. The zero-order valence-corrected chi connectivity index (χ0v) is 60.3. The third-order valence-corrected chi connectivity index (χ3v) is 17.4. The number of amides is 1. The van der Waals surface area contributed by atoms with E-state index in [9.17, 15) is 45.6 Å². The fourth-order valence-electron chi connectivity index (χ4n) is 11.4. The summed E-state index contributed by atoms with van der Waals surface area (Å²) in [5.74, 6) is -0.265. The minimum atomic E-state index is -1.80. The summed E-state index contributed by atoms with van der Waals surface area (Å²) in [7, 11) is 0. The Morgan fingerprint density at radius 3 is 1.13 bits per heavy atom. The summed E-state index contributed by atoms with van der Waals surface area (Å²) in [6, 6.07) is -0.951. The fourth-order valence-corrected chi connectivity index (χ4v) is 11.4. The summed E-state index contributed by atoms with van der Waals surface area (Å²) in [5, 5.41) is 87.5. The van der Waals surface area contributed by atoms with Gasteiger partial charge in [0.25, 0.3) is 0 Å². The molecule has 9 N–H and O–H groups in total. The molecule has 2 saturated heterocycles. The zero-order valence-electron chi connectivity index (χ0n) is 60.3. The van der Waals surface area contributed by atoms with Gasteiger partial charge in [0.15, 0.2) is 12.6 Å². The molecule has 12 unspecified atom stereocenters. The second-order valence-corrected chi connectivity index (χ2v) is 26.0. The number of aliphatic hydroxyl groups excluding tert-OH is 8. The molecule has 2 heterocycles. The lowest BCUT2D eigenvalue weighted by Gasteiger charge is -2.46. The third kappa shape index (κ3) is 48.1. The van der Waals surface area contributed by atoms with Crippen molar-refractivity contribution in [2.45, 2.75) is 338 Å². The van der Waals surface area contributed by atoms with Gasteiger partial charge in [0, 0.05) is 6.42 Å². The van der Waals surface area contributed by atoms with Crippen LogP contribution in [0.2, 0.25) is 0 Å². The molecule has 2 aliphatic rings. The van der Waals surface area contributed by atoms with Crippen LogP contribution in [0.5, 0.6) is 0 Å². The predicted molar refractivity (Wildman–Crippen MR) is 401 cm³/mol. The molecule has 0 saturated carbocycles. The van der Waals surface area contributed by atoms with Crippen molar-refractivity contribution in [3.05, 3.63) is 158 Å². The highest BCUT2D eigenvalue weighted by Crippen LogP contribution is 2.30. The van der Waals surface area contributed by atoms with Crippen molar-refractivity contribution in [2.75, 3.05) is 19.8 Å². The first kappa shape index (κ1) is 88.7. The Morgan fingerprint density at radius 1 is 0.381 bits per heavy atom. The van der Waals surface area contributed by atoms with Gasteiger partial charge in [-0.15, -0.1) is 0 Å². The number of hydrogen-bond acceptors (Lipinski definition) is 13. The molecule has 2 fully saturated rings. The topological polar surface area (TPSA) is 228 Å². The Hall–Kier alpha value is -4.39. The summed E-state index contributed by atoms with van der Waals surface area (Å²) in [6.45, 7) is 2.67. The number of nitrogens with one attached hydrogen (secondary N) is 1. The first-order valence-electron chi connectivity index (χ1n) is 38.2. The van der Waals surface area contributed by atoms with E-state index in [1.807, 2.05) is 6.08 Å². The minimum Gasteiger partial charge on any atom is -0.394 e. The molecule has 12 atom stereocenters. The molecular weight excluding hydrogens is 1220 g/mol. The monoisotopic (exact) mass is 1360 g/mol. The maximum absolute atomic E-state index is 13.4. The van der Waals surface area contributed by atoms with E-state index in [1.165, 1.54) is 103 Å². The highest BCUT2D eigenvalue weighted by atomic mass is 16.7. The lowest BCUT2D eigenvalue weighted by molar-refractivity contribution is -0.359. The standard InChI is InChI=1S/C83H137NO13/c1-3-5-7-9-11-13-15-17-19-21-23-25-27-28-29-30-31-32-33-34-35-36-37-38-39-40-41-42-43-44-45-47-49-51-53-55-57-59-61-63-65-67-75(88)84-71(70-94-82-80(93)78(91)81(74(69-86)96-82)97-83-79(92)77(90)76(89)73(68-85)95-83)72(87)66-64-62-60-58-56-54-52-50-48-46-26-24-22-20-18-16-14-12-10-8-6-4-2/h5,7,11,13,17,19,23,25,28-29,31-32,34-35,37-38,40-41,43-44,47,49,56,58,64,66,71-74,76-83,85-87,89-93H,3-4,6,8-10,12,14-16,18,20-22,24,26-27,30,33,36,39,42,45-46,48,50-55,57,59-63,65,67-70H2,1-2H3,(H,84,88)/b7-5-,13-11-,19-17-,25-23-,29-28-,32-31-,35-34-,38-37-,41-40-,44-43-,49-47-,58-56+,66-64+. The molecule has 0 spiro atoms. The number of hydrogen-bond donors (Lipinski definition) is 9. The van der Waals surface area contributed by atoms with Crippen LogP contribution in [-0.4, -0.2) is 140 Å². The second kappa shape index (κ2) is 65.0. The molecule has 0 radical (unpaired) electrons. The third-order valence-electron chi connectivity index (χ3n) is 17.4. The minimum absolute atomic E-state index is 0.251. The molecule has 0 aromatic carbocycles. The lowest BCUT2D eigenvalue weighted by Crippen LogP contribution is -2.65. The van der Waals surface area contributed by atoms with Gasteiger partial charge in [-0.3, -0.25) is 4.79 Å². The first-order valence-corrected chi connectivity index (χ1v) is 38.2. The van der Waals surface area contributed by atoms with Gasteiger partial charge < -0.3 is 65.1 Å². The van der Waals surface area contributed by atoms with Crippen LogP contribution in [0.1, 0.15) is 264 Å². The van der Waals surface area contributed by atoms with E-state index in [0.29, 0.717) is 12.8 Å². The van der Waals surface area contributed by atoms with Crippen molar-refractivity contribution in [3.63, 3.8) is 0 Å². The van der Waals surface area contributed by atoms with Gasteiger partial charge in [-0.2, -0.15) is 0 Å². The maximum Gasteiger partial charge on any atom is 0.220 e. The van der Waals surface area contributed by atoms with Crippen LogP contribution in [0.15, 0.2) is 158 Å². The van der Waals surface area contributed by atoms with Gasteiger partial charge in [0.05, 0.1) is 32.0 Å². The van der Waals surface area contributed by atoms with Crippen molar-refractivity contribution in [1.29, 1.82) is 0 Å². The second-order valence-electron chi connectivity index (χ2n) is 26.0. The summed E-state index contributed by atoms with van der Waals surface area (Å²) in [6.07, 6.45) is 83.0. The molecular formula is C83H137NO13. The van der Waals surface area contributed by atoms with E-state index in [0.717, 1.165) is 128 Å². The molecule has 2 aliphatic heterocycles. The summed E-state index contributed by atoms with van der Waals surface area (Å²) in [4.78, 5) is 13.4. The number of carbonyl (C=O) groups excluding carboxylic acids is 1. The van der Waals surface area contributed by atoms with E-state index in [-0.39, 0.29) is 18.9 Å². The normalized spacial score (nSPS) is 23.1. The smallest absolute Gasteiger partial charge is 0.220 e. The molecule has 552 valence electrons. The Labute approximate surface area is 588 Å². The van der Waals surface area contributed by atoms with Crippen molar-refractivity contribution < 1.29 is 64.6 Å². The van der Waals surface area contributed by atoms with Crippen LogP contribution in [-0.2, 0) is 23.7 Å². The highest BCUT2D eigenvalue weighted by molar-refractivity contribution is 5.76. The quantitative estimate of drug-likeness (QED) is 0.0204. The summed E-state index contributed by atoms with van der Waals surface area (Å²) in [5.41, 5.74) is 0. The van der Waals surface area contributed by atoms with E-state index in [1.54, 1.807) is 6.08 Å². The van der Waals surface area contributed by atoms with Gasteiger partial charge in [-0.1, -0.05) is 300 Å². The van der Waals surface area contributed by atoms with Gasteiger partial charge in [0.1, 0.15) is 48.8 Å². The Balaban J connectivity index is 1.66. The van der Waals surface area contributed by atoms with Crippen molar-refractivity contribution in [1.82, 2.24) is 5.32 Å². The highest BCUT2D eigenvalue weighted by Gasteiger charge is 2.51. The molecule has 0 bridgehead atoms. The van der Waals surface area contributed by atoms with Crippen molar-refractivity contribution in [3.8, 4) is 0 Å². The first-order chi connectivity index (χ1) is 47.6. The van der Waals surface area contributed by atoms with Crippen LogP contribution in [0.3, 0.4) is 0 Å². The Bertz CT molecular complexity index is 2240. The largest absolute Gasteiger partial charge is 0.394 e. The zero-order chi connectivity index (χ0) is 70.1. The van der Waals surface area contributed by atoms with Crippen molar-refractivity contribution in [2.24, 2.45) is 0 Å². The average Bonchev–Trinajstić information content (AvgIpc) is 0.794. The van der Waals surface area contributed by atoms with E-state index in [2.05, 4.69) is 165 Å². The van der Waals surface area contributed by atoms with E-state index in [4.69, 9.17) is 18.9 Å². The van der Waals surface area contributed by atoms with Gasteiger partial charge in [0.2, 0.25) is 5.91 Å². The van der Waals surface area contributed by atoms with E-state index < -0.39 is 86.8 Å². The SMILES string of the molecule is CC/C=C\C/C=C\C/C=C\C/C=C\C/C=C\C/C=C\C/C=C\C/C=C\C/C=C\C/C=C\C/C=C\CCCCCCCCCC(=O)NC(COC1OC(CO)C(OC2OC(CO)C(O)C(O)C2O)C(O)C1O)C(O)/C=C/CC/C=C/CCCCCCCCCCCCCCCCCC. The molecule has 14 nitrogen and oxygen atoms in total. The molecule has 2 rings (SSSR count). The average molecular weight is 1360 g/mol. The maximum atomic E-state index is 13.4. The molecule has 14 heteroatoms. The number of unbranched alkanes of at least 4 members (excludes halogenated alkanes) is 24. The lowest BCUT2D eigenvalue weighted by atomic mass is 9.97. The van der Waals surface area contributed by atoms with Crippen LogP contribution in [0.25, 0.3) is 0 Å². The number of rotatable bonds is 61. The van der Waals surface area contributed by atoms with Gasteiger partial charge in [-0.25, -0.2) is 0 Å². The van der Waals surface area contributed by atoms with Crippen LogP contribution < -0.4 is 5.32 Å². The Morgan fingerprint density at radius 2 is 0.722 bits per heavy atom.